The molecule has 0 radical (unpaired) electrons. The highest BCUT2D eigenvalue weighted by Crippen LogP contribution is 2.50. The van der Waals surface area contributed by atoms with Gasteiger partial charge in [-0.2, -0.15) is 0 Å². The second-order valence-electron chi connectivity index (χ2n) is 5.52. The summed E-state index contributed by atoms with van der Waals surface area (Å²) in [4.78, 5) is 4.09. The van der Waals surface area contributed by atoms with Crippen molar-refractivity contribution in [3.8, 4) is 0 Å². The molecule has 1 aromatic heterocycles. The van der Waals surface area contributed by atoms with E-state index in [9.17, 15) is 0 Å². The van der Waals surface area contributed by atoms with Crippen molar-refractivity contribution < 1.29 is 0 Å². The first kappa shape index (κ1) is 12.6. The average molecular weight is 223 g/mol. The van der Waals surface area contributed by atoms with Gasteiger partial charge in [0.25, 0.3) is 0 Å². The molecule has 1 nitrogen and oxygen atoms in total. The summed E-state index contributed by atoms with van der Waals surface area (Å²) in [5.74, 6) is 0. The maximum Gasteiger partial charge on any atom is 0.0270 e. The molecule has 1 unspecified atom stereocenters. The third-order valence-electron chi connectivity index (χ3n) is 2.52. The second kappa shape index (κ2) is 5.07. The number of rotatable bonds is 3. The van der Waals surface area contributed by atoms with Gasteiger partial charge in [-0.25, -0.2) is 0 Å². The predicted molar refractivity (Wildman–Crippen MR) is 69.8 cm³/mol. The van der Waals surface area contributed by atoms with Crippen LogP contribution >= 0.6 is 7.92 Å². The summed E-state index contributed by atoms with van der Waals surface area (Å²) < 4.78 is 0. The van der Waals surface area contributed by atoms with E-state index in [4.69, 9.17) is 0 Å². The van der Waals surface area contributed by atoms with E-state index in [2.05, 4.69) is 51.2 Å². The maximum atomic E-state index is 4.09. The van der Waals surface area contributed by atoms with Gasteiger partial charge >= 0.3 is 0 Å². The van der Waals surface area contributed by atoms with Crippen LogP contribution in [-0.4, -0.2) is 18.3 Å². The Morgan fingerprint density at radius 1 is 1.20 bits per heavy atom. The molecule has 0 aliphatic carbocycles. The zero-order valence-electron chi connectivity index (χ0n) is 10.5. The molecule has 0 amide bonds. The fourth-order valence-corrected chi connectivity index (χ4v) is 3.45. The normalized spacial score (nSPS) is 14.3. The lowest BCUT2D eigenvalue weighted by atomic mass is 9.88. The van der Waals surface area contributed by atoms with Crippen molar-refractivity contribution in [2.45, 2.75) is 32.9 Å². The van der Waals surface area contributed by atoms with Crippen molar-refractivity contribution in [1.82, 2.24) is 4.98 Å². The van der Waals surface area contributed by atoms with E-state index in [1.165, 1.54) is 12.0 Å². The Bertz CT molecular complexity index is 287. The van der Waals surface area contributed by atoms with Crippen LogP contribution < -0.4 is 0 Å². The quantitative estimate of drug-likeness (QED) is 0.696. The summed E-state index contributed by atoms with van der Waals surface area (Å²) >= 11 is 0. The Morgan fingerprint density at radius 2 is 1.73 bits per heavy atom. The third-order valence-corrected chi connectivity index (χ3v) is 4.25. The lowest BCUT2D eigenvalue weighted by Gasteiger charge is -2.29. The molecule has 2 heteroatoms. The molecular weight excluding hydrogens is 201 g/mol. The van der Waals surface area contributed by atoms with Crippen LogP contribution in [0.25, 0.3) is 0 Å². The van der Waals surface area contributed by atoms with E-state index in [0.717, 1.165) is 0 Å². The summed E-state index contributed by atoms with van der Waals surface area (Å²) in [5, 5.41) is 0. The first-order chi connectivity index (χ1) is 6.90. The van der Waals surface area contributed by atoms with Crippen LogP contribution in [-0.2, 0) is 0 Å². The van der Waals surface area contributed by atoms with Crippen molar-refractivity contribution in [1.29, 1.82) is 0 Å². The number of aromatic nitrogens is 1. The zero-order valence-corrected chi connectivity index (χ0v) is 11.4. The zero-order chi connectivity index (χ0) is 11.5. The first-order valence-corrected chi connectivity index (χ1v) is 7.77. The van der Waals surface area contributed by atoms with Gasteiger partial charge in [0, 0.05) is 18.1 Å². The predicted octanol–water partition coefficient (Wildman–Crippen LogP) is 4.30. The average Bonchev–Trinajstić information content (AvgIpc) is 2.14. The van der Waals surface area contributed by atoms with E-state index < -0.39 is 0 Å². The summed E-state index contributed by atoms with van der Waals surface area (Å²) in [7, 11) is 0.0677. The van der Waals surface area contributed by atoms with E-state index in [1.807, 2.05) is 12.4 Å². The second-order valence-corrected chi connectivity index (χ2v) is 8.08. The molecule has 0 fully saturated rings. The topological polar surface area (TPSA) is 12.9 Å². The molecule has 0 spiro atoms. The number of pyridine rings is 1. The highest BCUT2D eigenvalue weighted by Gasteiger charge is 2.22. The Kier molecular flexibility index (Phi) is 4.28. The molecule has 1 rings (SSSR count). The molecule has 0 saturated carbocycles. The minimum atomic E-state index is 0.0677. The smallest absolute Gasteiger partial charge is 0.0270 e. The third kappa shape index (κ3) is 4.30. The Hall–Kier alpha value is -0.420. The summed E-state index contributed by atoms with van der Waals surface area (Å²) in [5.41, 5.74) is 2.57. The summed E-state index contributed by atoms with van der Waals surface area (Å²) in [6.07, 6.45) is 5.07. The molecule has 15 heavy (non-hydrogen) atoms. The Morgan fingerprint density at radius 3 is 2.13 bits per heavy atom. The lowest BCUT2D eigenvalue weighted by Crippen LogP contribution is -2.11. The minimum Gasteiger partial charge on any atom is -0.265 e. The molecule has 0 aliphatic heterocycles. The van der Waals surface area contributed by atoms with Crippen LogP contribution in [0.5, 0.6) is 0 Å². The van der Waals surface area contributed by atoms with Crippen molar-refractivity contribution in [3.63, 3.8) is 0 Å². The van der Waals surface area contributed by atoms with Crippen molar-refractivity contribution in [3.05, 3.63) is 30.1 Å². The van der Waals surface area contributed by atoms with Crippen molar-refractivity contribution in [2.24, 2.45) is 5.41 Å². The molecule has 0 bridgehead atoms. The highest BCUT2D eigenvalue weighted by molar-refractivity contribution is 7.56. The van der Waals surface area contributed by atoms with Gasteiger partial charge in [-0.3, -0.25) is 4.98 Å². The van der Waals surface area contributed by atoms with Crippen LogP contribution in [0.1, 0.15) is 38.4 Å². The summed E-state index contributed by atoms with van der Waals surface area (Å²) in [6.45, 7) is 11.7. The molecule has 0 N–H and O–H groups in total. The molecule has 0 aliphatic rings. The molecule has 84 valence electrons. The summed E-state index contributed by atoms with van der Waals surface area (Å²) in [6, 6.07) is 4.33. The molecule has 1 aromatic rings. The fraction of sp³-hybridized carbons (Fsp3) is 0.615. The van der Waals surface area contributed by atoms with Crippen LogP contribution in [0.15, 0.2) is 24.5 Å². The van der Waals surface area contributed by atoms with Gasteiger partial charge < -0.3 is 0 Å². The molecule has 0 aromatic carbocycles. The maximum absolute atomic E-state index is 4.09. The standard InChI is InChI=1S/C13H22NP/c1-13(2,3)10-12(15(4)5)11-6-8-14-9-7-11/h6-9,12H,10H2,1-5H3. The molecular formula is C13H22NP. The van der Waals surface area contributed by atoms with Gasteiger partial charge in [0.2, 0.25) is 0 Å². The number of hydrogen-bond donors (Lipinski definition) is 0. The molecule has 0 saturated heterocycles. The van der Waals surface area contributed by atoms with E-state index in [-0.39, 0.29) is 7.92 Å². The van der Waals surface area contributed by atoms with Gasteiger partial charge in [-0.05, 0) is 42.9 Å². The van der Waals surface area contributed by atoms with Crippen molar-refractivity contribution >= 4 is 7.92 Å². The van der Waals surface area contributed by atoms with Crippen LogP contribution in [0.2, 0.25) is 0 Å². The SMILES string of the molecule is CP(C)C(CC(C)(C)C)c1ccncc1. The monoisotopic (exact) mass is 223 g/mol. The van der Waals surface area contributed by atoms with Gasteiger partial charge in [0.15, 0.2) is 0 Å². The van der Waals surface area contributed by atoms with Crippen LogP contribution in [0.3, 0.4) is 0 Å². The number of nitrogens with zero attached hydrogens (tertiary/aromatic N) is 1. The Labute approximate surface area is 95.1 Å². The first-order valence-electron chi connectivity index (χ1n) is 5.46. The lowest BCUT2D eigenvalue weighted by molar-refractivity contribution is 0.373. The fourth-order valence-electron chi connectivity index (χ4n) is 1.76. The molecule has 1 heterocycles. The van der Waals surface area contributed by atoms with Gasteiger partial charge in [0.1, 0.15) is 0 Å². The number of hydrogen-bond acceptors (Lipinski definition) is 1. The largest absolute Gasteiger partial charge is 0.265 e. The highest BCUT2D eigenvalue weighted by atomic mass is 31.1. The van der Waals surface area contributed by atoms with Crippen LogP contribution in [0, 0.1) is 5.41 Å². The van der Waals surface area contributed by atoms with Gasteiger partial charge in [-0.1, -0.05) is 20.8 Å². The van der Waals surface area contributed by atoms with Crippen LogP contribution in [0.4, 0.5) is 0 Å². The van der Waals surface area contributed by atoms with E-state index in [1.54, 1.807) is 0 Å². The minimum absolute atomic E-state index is 0.0677. The van der Waals surface area contributed by atoms with Gasteiger partial charge in [0.05, 0.1) is 0 Å². The van der Waals surface area contributed by atoms with E-state index >= 15 is 0 Å². The molecule has 1 atom stereocenters. The van der Waals surface area contributed by atoms with Crippen molar-refractivity contribution in [2.75, 3.05) is 13.3 Å². The van der Waals surface area contributed by atoms with Gasteiger partial charge in [-0.15, -0.1) is 7.92 Å². The van der Waals surface area contributed by atoms with E-state index in [0.29, 0.717) is 11.1 Å². The Balaban J connectivity index is 2.85.